The van der Waals surface area contributed by atoms with Crippen LogP contribution in [0.2, 0.25) is 0 Å². The molecule has 1 aromatic rings. The van der Waals surface area contributed by atoms with Crippen LogP contribution in [0.15, 0.2) is 18.2 Å². The van der Waals surface area contributed by atoms with Crippen LogP contribution in [0.3, 0.4) is 0 Å². The number of carbonyl (C=O) groups is 1. The fraction of sp³-hybridized carbons (Fsp3) is 0.632. The maximum absolute atomic E-state index is 13.4. The molecule has 25 heavy (non-hydrogen) atoms. The first-order chi connectivity index (χ1) is 12.0. The summed E-state index contributed by atoms with van der Waals surface area (Å²) in [5.74, 6) is -1.50. The minimum absolute atomic E-state index is 0.0962. The summed E-state index contributed by atoms with van der Waals surface area (Å²) >= 11 is 0. The van der Waals surface area contributed by atoms with Gasteiger partial charge in [0.15, 0.2) is 11.6 Å². The Kier molecular flexibility index (Phi) is 4.50. The smallest absolute Gasteiger partial charge is 0.254 e. The Hall–Kier alpha value is -1.53. The second kappa shape index (κ2) is 6.65. The third-order valence-electron chi connectivity index (χ3n) is 5.43. The highest BCUT2D eigenvalue weighted by Gasteiger charge is 2.45. The molecule has 2 saturated heterocycles. The van der Waals surface area contributed by atoms with Crippen LogP contribution in [0.4, 0.5) is 8.78 Å². The molecule has 0 N–H and O–H groups in total. The van der Waals surface area contributed by atoms with Gasteiger partial charge in [-0.15, -0.1) is 0 Å². The monoisotopic (exact) mass is 351 g/mol. The molecule has 0 radical (unpaired) electrons. The van der Waals surface area contributed by atoms with Gasteiger partial charge in [0.05, 0.1) is 24.9 Å². The molecule has 1 saturated carbocycles. The molecular weight excluding hydrogens is 328 g/mol. The SMILES string of the molecule is O=C(c1ccc(F)c(F)c1)N1CCC[C@]2(C[C@@H](OCC3CC3)CO2)C1. The number of hydrogen-bond acceptors (Lipinski definition) is 3. The van der Waals surface area contributed by atoms with Crippen molar-refractivity contribution < 1.29 is 23.0 Å². The van der Waals surface area contributed by atoms with Gasteiger partial charge in [-0.05, 0) is 49.8 Å². The van der Waals surface area contributed by atoms with Crippen molar-refractivity contribution in [2.45, 2.75) is 43.8 Å². The Bertz CT molecular complexity index is 664. The first-order valence-corrected chi connectivity index (χ1v) is 9.05. The number of piperidine rings is 1. The van der Waals surface area contributed by atoms with Crippen LogP contribution in [-0.4, -0.2) is 48.8 Å². The molecule has 2 atom stereocenters. The number of benzene rings is 1. The lowest BCUT2D eigenvalue weighted by Gasteiger charge is -2.39. The second-order valence-electron chi connectivity index (χ2n) is 7.56. The van der Waals surface area contributed by atoms with E-state index < -0.39 is 11.6 Å². The van der Waals surface area contributed by atoms with Crippen molar-refractivity contribution in [3.05, 3.63) is 35.4 Å². The summed E-state index contributed by atoms with van der Waals surface area (Å²) in [6.45, 7) is 2.46. The summed E-state index contributed by atoms with van der Waals surface area (Å²) in [7, 11) is 0. The topological polar surface area (TPSA) is 38.8 Å². The van der Waals surface area contributed by atoms with Gasteiger partial charge >= 0.3 is 0 Å². The van der Waals surface area contributed by atoms with Gasteiger partial charge in [0.1, 0.15) is 0 Å². The van der Waals surface area contributed by atoms with E-state index in [1.807, 2.05) is 0 Å². The predicted octanol–water partition coefficient (Wildman–Crippen LogP) is 3.16. The Morgan fingerprint density at radius 1 is 1.32 bits per heavy atom. The Morgan fingerprint density at radius 2 is 2.16 bits per heavy atom. The number of amides is 1. The van der Waals surface area contributed by atoms with Crippen molar-refractivity contribution in [2.75, 3.05) is 26.3 Å². The van der Waals surface area contributed by atoms with E-state index in [9.17, 15) is 13.6 Å². The molecule has 0 aromatic heterocycles. The van der Waals surface area contributed by atoms with E-state index in [-0.39, 0.29) is 23.2 Å². The van der Waals surface area contributed by atoms with E-state index in [4.69, 9.17) is 9.47 Å². The second-order valence-corrected chi connectivity index (χ2v) is 7.56. The first kappa shape index (κ1) is 16.9. The molecular formula is C19H23F2NO3. The summed E-state index contributed by atoms with van der Waals surface area (Å²) in [6, 6.07) is 3.30. The largest absolute Gasteiger partial charge is 0.375 e. The van der Waals surface area contributed by atoms with Crippen molar-refractivity contribution in [3.8, 4) is 0 Å². The number of likely N-dealkylation sites (tertiary alicyclic amines) is 1. The summed E-state index contributed by atoms with van der Waals surface area (Å²) in [5, 5.41) is 0. The van der Waals surface area contributed by atoms with Crippen molar-refractivity contribution >= 4 is 5.91 Å². The lowest BCUT2D eigenvalue weighted by molar-refractivity contribution is -0.0465. The molecule has 6 heteroatoms. The predicted molar refractivity (Wildman–Crippen MR) is 87.3 cm³/mol. The average Bonchev–Trinajstić information content (AvgIpc) is 3.37. The number of ether oxygens (including phenoxy) is 2. The summed E-state index contributed by atoms with van der Waals surface area (Å²) in [6.07, 6.45) is 5.15. The summed E-state index contributed by atoms with van der Waals surface area (Å²) < 4.78 is 38.5. The number of rotatable bonds is 4. The number of carbonyl (C=O) groups excluding carboxylic acids is 1. The van der Waals surface area contributed by atoms with E-state index in [1.54, 1.807) is 4.90 Å². The Morgan fingerprint density at radius 3 is 2.92 bits per heavy atom. The molecule has 136 valence electrons. The van der Waals surface area contributed by atoms with Gasteiger partial charge in [0, 0.05) is 25.1 Å². The molecule has 0 bridgehead atoms. The van der Waals surface area contributed by atoms with E-state index in [2.05, 4.69) is 0 Å². The van der Waals surface area contributed by atoms with Crippen LogP contribution in [0.5, 0.6) is 0 Å². The Labute approximate surface area is 146 Å². The minimum Gasteiger partial charge on any atom is -0.375 e. The van der Waals surface area contributed by atoms with Crippen molar-refractivity contribution in [1.82, 2.24) is 4.90 Å². The Balaban J connectivity index is 1.40. The van der Waals surface area contributed by atoms with Crippen LogP contribution in [0.25, 0.3) is 0 Å². The zero-order valence-electron chi connectivity index (χ0n) is 14.2. The van der Waals surface area contributed by atoms with Crippen LogP contribution in [0, 0.1) is 17.6 Å². The highest BCUT2D eigenvalue weighted by Crippen LogP contribution is 2.37. The first-order valence-electron chi connectivity index (χ1n) is 9.05. The lowest BCUT2D eigenvalue weighted by Crippen LogP contribution is -2.50. The van der Waals surface area contributed by atoms with Crippen molar-refractivity contribution in [2.24, 2.45) is 5.92 Å². The zero-order valence-corrected chi connectivity index (χ0v) is 14.2. The maximum atomic E-state index is 13.4. The fourth-order valence-electron chi connectivity index (χ4n) is 3.83. The van der Waals surface area contributed by atoms with E-state index >= 15 is 0 Å². The molecule has 1 spiro atoms. The standard InChI is InChI=1S/C19H23F2NO3/c20-16-5-4-14(8-17(16)21)18(23)22-7-1-6-19(12-22)9-15(11-25-19)24-10-13-2-3-13/h4-5,8,13,15H,1-3,6-7,9-12H2/t15-,19+/m1/s1. The fourth-order valence-corrected chi connectivity index (χ4v) is 3.83. The van der Waals surface area contributed by atoms with E-state index in [0.29, 0.717) is 25.6 Å². The third kappa shape index (κ3) is 3.70. The number of nitrogens with zero attached hydrogens (tertiary/aromatic N) is 1. The van der Waals surface area contributed by atoms with Gasteiger partial charge in [-0.2, -0.15) is 0 Å². The molecule has 3 aliphatic rings. The van der Waals surface area contributed by atoms with Crippen LogP contribution in [-0.2, 0) is 9.47 Å². The number of halogens is 2. The molecule has 4 nitrogen and oxygen atoms in total. The quantitative estimate of drug-likeness (QED) is 0.836. The summed E-state index contributed by atoms with van der Waals surface area (Å²) in [5.41, 5.74) is -0.184. The maximum Gasteiger partial charge on any atom is 0.254 e. The highest BCUT2D eigenvalue weighted by molar-refractivity contribution is 5.94. The van der Waals surface area contributed by atoms with Gasteiger partial charge < -0.3 is 14.4 Å². The number of hydrogen-bond donors (Lipinski definition) is 0. The van der Waals surface area contributed by atoms with Gasteiger partial charge in [-0.3, -0.25) is 4.79 Å². The molecule has 4 rings (SSSR count). The van der Waals surface area contributed by atoms with Crippen LogP contribution >= 0.6 is 0 Å². The molecule has 1 amide bonds. The lowest BCUT2D eigenvalue weighted by atomic mass is 9.89. The molecule has 0 unspecified atom stereocenters. The van der Waals surface area contributed by atoms with Gasteiger partial charge in [0.25, 0.3) is 5.91 Å². The van der Waals surface area contributed by atoms with E-state index in [0.717, 1.165) is 38.0 Å². The average molecular weight is 351 g/mol. The molecule has 2 aliphatic heterocycles. The van der Waals surface area contributed by atoms with Gasteiger partial charge in [-0.25, -0.2) is 8.78 Å². The molecule has 1 aromatic carbocycles. The van der Waals surface area contributed by atoms with Crippen LogP contribution in [0.1, 0.15) is 42.5 Å². The molecule has 2 heterocycles. The van der Waals surface area contributed by atoms with Crippen LogP contribution < -0.4 is 0 Å². The summed E-state index contributed by atoms with van der Waals surface area (Å²) in [4.78, 5) is 14.4. The van der Waals surface area contributed by atoms with Crippen molar-refractivity contribution in [3.63, 3.8) is 0 Å². The highest BCUT2D eigenvalue weighted by atomic mass is 19.2. The van der Waals surface area contributed by atoms with Crippen molar-refractivity contribution in [1.29, 1.82) is 0 Å². The van der Waals surface area contributed by atoms with Gasteiger partial charge in [-0.1, -0.05) is 0 Å². The molecule has 3 fully saturated rings. The van der Waals surface area contributed by atoms with Gasteiger partial charge in [0.2, 0.25) is 0 Å². The normalized spacial score (nSPS) is 29.4. The van der Waals surface area contributed by atoms with E-state index in [1.165, 1.54) is 18.9 Å². The minimum atomic E-state index is -0.997. The third-order valence-corrected chi connectivity index (χ3v) is 5.43. The zero-order chi connectivity index (χ0) is 17.4. The molecule has 1 aliphatic carbocycles.